The molecule has 2 N–H and O–H groups in total. The number of fused-ring (bicyclic) bond motifs is 1. The third-order valence-electron chi connectivity index (χ3n) is 7.42. The Kier molecular flexibility index (Phi) is 9.23. The third-order valence-corrected chi connectivity index (χ3v) is 11.1. The van der Waals surface area contributed by atoms with Crippen LogP contribution in [-0.4, -0.2) is 44.0 Å². The molecule has 0 aliphatic heterocycles. The van der Waals surface area contributed by atoms with Crippen molar-refractivity contribution in [3.63, 3.8) is 0 Å². The van der Waals surface area contributed by atoms with Crippen LogP contribution in [-0.2, 0) is 31.2 Å². The smallest absolute Gasteiger partial charge is 0.241 e. The first kappa shape index (κ1) is 30.7. The molecule has 41 heavy (non-hydrogen) atoms. The highest BCUT2D eigenvalue weighted by Crippen LogP contribution is 2.32. The van der Waals surface area contributed by atoms with Crippen molar-refractivity contribution >= 4 is 36.5 Å². The minimum absolute atomic E-state index is 0.273. The van der Waals surface area contributed by atoms with Crippen LogP contribution in [0.15, 0.2) is 89.8 Å². The van der Waals surface area contributed by atoms with E-state index < -0.39 is 24.8 Å². The molecule has 0 fully saturated rings. The van der Waals surface area contributed by atoms with Gasteiger partial charge in [0.25, 0.3) is 0 Å². The lowest BCUT2D eigenvalue weighted by Crippen LogP contribution is -2.39. The molecule has 0 aliphatic rings. The van der Waals surface area contributed by atoms with Crippen molar-refractivity contribution in [2.24, 2.45) is 0 Å². The minimum Gasteiger partial charge on any atom is -0.377 e. The highest BCUT2D eigenvalue weighted by molar-refractivity contribution is 7.90. The first-order valence-electron chi connectivity index (χ1n) is 13.7. The number of hydrogen-bond acceptors (Lipinski definition) is 5. The molecule has 0 radical (unpaired) electrons. The van der Waals surface area contributed by atoms with E-state index in [4.69, 9.17) is 0 Å². The van der Waals surface area contributed by atoms with Crippen LogP contribution in [0.5, 0.6) is 0 Å². The van der Waals surface area contributed by atoms with Crippen molar-refractivity contribution in [1.82, 2.24) is 9.44 Å². The average Bonchev–Trinajstić information content (AvgIpc) is 2.95. The first-order chi connectivity index (χ1) is 19.4. The standard InChI is InChI=1S/C32H39N3O4S2/c1-6-22-34-41(38,39)32(2,3)27-19-17-26(18-20-27)25-15-13-24(14-16-25)21-23-33-40(36,37)31-12-8-9-28-29(31)10-7-11-30(28)35(4)5/h7-20,33-34H,6,21-23H2,1-5H3. The van der Waals surface area contributed by atoms with Gasteiger partial charge in [-0.05, 0) is 61.1 Å². The van der Waals surface area contributed by atoms with Crippen LogP contribution in [0.1, 0.15) is 38.3 Å². The number of benzene rings is 4. The van der Waals surface area contributed by atoms with Crippen molar-refractivity contribution in [3.8, 4) is 11.1 Å². The summed E-state index contributed by atoms with van der Waals surface area (Å²) < 4.78 is 56.3. The van der Waals surface area contributed by atoms with E-state index in [1.807, 2.05) is 98.7 Å². The van der Waals surface area contributed by atoms with Gasteiger partial charge in [0.2, 0.25) is 20.0 Å². The van der Waals surface area contributed by atoms with Crippen LogP contribution in [0, 0.1) is 0 Å². The Hall–Kier alpha value is -3.24. The van der Waals surface area contributed by atoms with Crippen LogP contribution in [0.3, 0.4) is 0 Å². The molecule has 0 saturated carbocycles. The summed E-state index contributed by atoms with van der Waals surface area (Å²) in [6.07, 6.45) is 1.28. The molecule has 0 spiro atoms. The van der Waals surface area contributed by atoms with Gasteiger partial charge in [-0.1, -0.05) is 79.7 Å². The predicted molar refractivity (Wildman–Crippen MR) is 169 cm³/mol. The molecule has 4 rings (SSSR count). The quantitative estimate of drug-likeness (QED) is 0.221. The Morgan fingerprint density at radius 1 is 0.707 bits per heavy atom. The lowest BCUT2D eigenvalue weighted by atomic mass is 9.97. The lowest BCUT2D eigenvalue weighted by molar-refractivity contribution is 0.539. The summed E-state index contributed by atoms with van der Waals surface area (Å²) in [7, 11) is -3.33. The van der Waals surface area contributed by atoms with Gasteiger partial charge in [-0.25, -0.2) is 26.3 Å². The zero-order valence-electron chi connectivity index (χ0n) is 24.3. The molecule has 0 unspecified atom stereocenters. The minimum atomic E-state index is -3.70. The first-order valence-corrected chi connectivity index (χ1v) is 16.7. The summed E-state index contributed by atoms with van der Waals surface area (Å²) in [6, 6.07) is 26.6. The Morgan fingerprint density at radius 3 is 1.90 bits per heavy atom. The second-order valence-electron chi connectivity index (χ2n) is 10.9. The third kappa shape index (κ3) is 6.64. The molecular formula is C32H39N3O4S2. The molecule has 4 aromatic carbocycles. The maximum Gasteiger partial charge on any atom is 0.241 e. The van der Waals surface area contributed by atoms with Crippen molar-refractivity contribution in [2.75, 3.05) is 32.1 Å². The number of sulfonamides is 2. The highest BCUT2D eigenvalue weighted by atomic mass is 32.2. The van der Waals surface area contributed by atoms with E-state index in [0.717, 1.165) is 39.7 Å². The average molecular weight is 594 g/mol. The van der Waals surface area contributed by atoms with Gasteiger partial charge in [-0.2, -0.15) is 0 Å². The Bertz CT molecular complexity index is 1710. The van der Waals surface area contributed by atoms with Gasteiger partial charge in [0.1, 0.15) is 4.75 Å². The SMILES string of the molecule is CCCNS(=O)(=O)C(C)(C)c1ccc(-c2ccc(CCNS(=O)(=O)c3cccc4c(N(C)C)cccc34)cc2)cc1. The van der Waals surface area contributed by atoms with Crippen LogP contribution < -0.4 is 14.3 Å². The summed E-state index contributed by atoms with van der Waals surface area (Å²) >= 11 is 0. The van der Waals surface area contributed by atoms with Gasteiger partial charge in [-0.15, -0.1) is 0 Å². The maximum absolute atomic E-state index is 13.2. The summed E-state index contributed by atoms with van der Waals surface area (Å²) in [6.45, 7) is 6.05. The predicted octanol–water partition coefficient (Wildman–Crippen LogP) is 5.66. The zero-order chi connectivity index (χ0) is 29.8. The second kappa shape index (κ2) is 12.3. The number of nitrogens with zero attached hydrogens (tertiary/aromatic N) is 1. The van der Waals surface area contributed by atoms with Gasteiger partial charge in [0.05, 0.1) is 4.90 Å². The zero-order valence-corrected chi connectivity index (χ0v) is 25.9. The van der Waals surface area contributed by atoms with Crippen molar-refractivity contribution in [1.29, 1.82) is 0 Å². The lowest BCUT2D eigenvalue weighted by Gasteiger charge is -2.26. The molecule has 4 aromatic rings. The van der Waals surface area contributed by atoms with Crippen molar-refractivity contribution in [3.05, 3.63) is 96.1 Å². The van der Waals surface area contributed by atoms with E-state index >= 15 is 0 Å². The van der Waals surface area contributed by atoms with Crippen molar-refractivity contribution < 1.29 is 16.8 Å². The van der Waals surface area contributed by atoms with Gasteiger partial charge in [-0.3, -0.25) is 0 Å². The second-order valence-corrected chi connectivity index (χ2v) is 14.9. The maximum atomic E-state index is 13.2. The van der Waals surface area contributed by atoms with Gasteiger partial charge < -0.3 is 4.90 Å². The Balaban J connectivity index is 1.42. The van der Waals surface area contributed by atoms with Gasteiger partial charge in [0, 0.05) is 43.6 Å². The molecular weight excluding hydrogens is 555 g/mol. The molecule has 0 bridgehead atoms. The van der Waals surface area contributed by atoms with Crippen molar-refractivity contribution in [2.45, 2.75) is 43.3 Å². The van der Waals surface area contributed by atoms with Gasteiger partial charge >= 0.3 is 0 Å². The molecule has 7 nitrogen and oxygen atoms in total. The molecule has 0 atom stereocenters. The summed E-state index contributed by atoms with van der Waals surface area (Å²) in [5.74, 6) is 0. The molecule has 0 amide bonds. The van der Waals surface area contributed by atoms with E-state index in [-0.39, 0.29) is 11.4 Å². The van der Waals surface area contributed by atoms with E-state index in [1.54, 1.807) is 26.0 Å². The molecule has 0 saturated heterocycles. The van der Waals surface area contributed by atoms with Crippen LogP contribution in [0.4, 0.5) is 5.69 Å². The molecule has 0 heterocycles. The normalized spacial score (nSPS) is 12.5. The number of nitrogens with one attached hydrogen (secondary N) is 2. The number of hydrogen-bond donors (Lipinski definition) is 2. The number of rotatable bonds is 12. The molecule has 9 heteroatoms. The van der Waals surface area contributed by atoms with Crippen LogP contribution in [0.2, 0.25) is 0 Å². The van der Waals surface area contributed by atoms with E-state index in [1.165, 1.54) is 0 Å². The fourth-order valence-electron chi connectivity index (χ4n) is 4.80. The largest absolute Gasteiger partial charge is 0.377 e. The van der Waals surface area contributed by atoms with E-state index in [0.29, 0.717) is 18.4 Å². The fraction of sp³-hybridized carbons (Fsp3) is 0.312. The highest BCUT2D eigenvalue weighted by Gasteiger charge is 2.35. The topological polar surface area (TPSA) is 95.6 Å². The fourth-order valence-corrected chi connectivity index (χ4v) is 7.33. The van der Waals surface area contributed by atoms with Crippen LogP contribution in [0.25, 0.3) is 21.9 Å². The monoisotopic (exact) mass is 593 g/mol. The van der Waals surface area contributed by atoms with E-state index in [9.17, 15) is 16.8 Å². The summed E-state index contributed by atoms with van der Waals surface area (Å²) in [4.78, 5) is 2.25. The Labute approximate surface area is 244 Å². The molecule has 0 aromatic heterocycles. The summed E-state index contributed by atoms with van der Waals surface area (Å²) in [5, 5.41) is 1.59. The summed E-state index contributed by atoms with van der Waals surface area (Å²) in [5.41, 5.74) is 4.67. The molecule has 0 aliphatic carbocycles. The molecule has 218 valence electrons. The van der Waals surface area contributed by atoms with Crippen LogP contribution >= 0.6 is 0 Å². The van der Waals surface area contributed by atoms with Gasteiger partial charge in [0.15, 0.2) is 0 Å². The Morgan fingerprint density at radius 2 is 1.29 bits per heavy atom. The number of anilines is 1. The van der Waals surface area contributed by atoms with E-state index in [2.05, 4.69) is 9.44 Å².